The Balaban J connectivity index is 1.80. The van der Waals surface area contributed by atoms with Crippen LogP contribution in [0.4, 0.5) is 0 Å². The normalized spacial score (nSPS) is 12.3. The smallest absolute Gasteiger partial charge is 0.128 e. The Morgan fingerprint density at radius 1 is 1.00 bits per heavy atom. The average molecular weight is 226 g/mol. The van der Waals surface area contributed by atoms with E-state index in [-0.39, 0.29) is 0 Å². The highest BCUT2D eigenvalue weighted by atomic mass is 14.8. The molecule has 1 unspecified atom stereocenters. The molecule has 0 radical (unpaired) electrons. The van der Waals surface area contributed by atoms with E-state index in [4.69, 9.17) is 0 Å². The zero-order valence-corrected chi connectivity index (χ0v) is 10.2. The van der Waals surface area contributed by atoms with Crippen LogP contribution in [0.3, 0.4) is 0 Å². The summed E-state index contributed by atoms with van der Waals surface area (Å²) in [6.45, 7) is 2.26. The first kappa shape index (κ1) is 11.8. The minimum absolute atomic E-state index is 0.623. The first-order valence-corrected chi connectivity index (χ1v) is 6.14. The van der Waals surface area contributed by atoms with E-state index in [2.05, 4.69) is 47.2 Å². The highest BCUT2D eigenvalue weighted by Gasteiger charge is 2.05. The Morgan fingerprint density at radius 3 is 2.41 bits per heavy atom. The van der Waals surface area contributed by atoms with Gasteiger partial charge in [-0.15, -0.1) is 0 Å². The summed E-state index contributed by atoms with van der Waals surface area (Å²) in [5.41, 5.74) is 1.41. The molecule has 0 bridgehead atoms. The number of aromatic nitrogens is 2. The fourth-order valence-electron chi connectivity index (χ4n) is 1.91. The molecular weight excluding hydrogens is 208 g/mol. The molecule has 0 saturated heterocycles. The molecule has 0 aliphatic heterocycles. The maximum absolute atomic E-state index is 4.26. The van der Waals surface area contributed by atoms with Crippen molar-refractivity contribution in [2.45, 2.75) is 26.2 Å². The van der Waals surface area contributed by atoms with Crippen LogP contribution < -0.4 is 0 Å². The van der Waals surface area contributed by atoms with Gasteiger partial charge in [-0.25, -0.2) is 9.97 Å². The van der Waals surface area contributed by atoms with Gasteiger partial charge in [0.25, 0.3) is 0 Å². The van der Waals surface area contributed by atoms with Crippen LogP contribution in [-0.2, 0) is 12.8 Å². The molecule has 0 aliphatic rings. The zero-order valence-electron chi connectivity index (χ0n) is 10.2. The van der Waals surface area contributed by atoms with Gasteiger partial charge in [0.1, 0.15) is 5.82 Å². The second-order valence-electron chi connectivity index (χ2n) is 4.50. The van der Waals surface area contributed by atoms with Crippen molar-refractivity contribution in [3.05, 3.63) is 60.2 Å². The van der Waals surface area contributed by atoms with E-state index in [0.717, 1.165) is 18.7 Å². The Labute approximate surface area is 103 Å². The van der Waals surface area contributed by atoms with Gasteiger partial charge in [0.05, 0.1) is 0 Å². The fourth-order valence-corrected chi connectivity index (χ4v) is 1.91. The SMILES string of the molecule is CC(CCc1ccccc1)Cc1ncccn1. The molecule has 2 heteroatoms. The van der Waals surface area contributed by atoms with Crippen LogP contribution in [0.15, 0.2) is 48.8 Å². The summed E-state index contributed by atoms with van der Waals surface area (Å²) < 4.78 is 0. The van der Waals surface area contributed by atoms with Gasteiger partial charge in [0, 0.05) is 18.8 Å². The van der Waals surface area contributed by atoms with Gasteiger partial charge in [-0.2, -0.15) is 0 Å². The van der Waals surface area contributed by atoms with Gasteiger partial charge in [-0.05, 0) is 30.4 Å². The summed E-state index contributed by atoms with van der Waals surface area (Å²) in [5.74, 6) is 1.57. The summed E-state index contributed by atoms with van der Waals surface area (Å²) in [7, 11) is 0. The first-order valence-electron chi connectivity index (χ1n) is 6.14. The lowest BCUT2D eigenvalue weighted by Gasteiger charge is -2.09. The van der Waals surface area contributed by atoms with E-state index in [1.54, 1.807) is 0 Å². The maximum Gasteiger partial charge on any atom is 0.128 e. The van der Waals surface area contributed by atoms with E-state index < -0.39 is 0 Å². The quantitative estimate of drug-likeness (QED) is 0.781. The van der Waals surface area contributed by atoms with Crippen molar-refractivity contribution in [3.63, 3.8) is 0 Å². The summed E-state index contributed by atoms with van der Waals surface area (Å²) in [6.07, 6.45) is 6.91. The van der Waals surface area contributed by atoms with E-state index in [1.165, 1.54) is 12.0 Å². The van der Waals surface area contributed by atoms with Crippen LogP contribution in [0.25, 0.3) is 0 Å². The molecule has 1 aromatic heterocycles. The summed E-state index contributed by atoms with van der Waals surface area (Å²) in [5, 5.41) is 0. The highest BCUT2D eigenvalue weighted by Crippen LogP contribution is 2.12. The third-order valence-electron chi connectivity index (χ3n) is 2.92. The molecule has 1 aromatic carbocycles. The third-order valence-corrected chi connectivity index (χ3v) is 2.92. The number of hydrogen-bond donors (Lipinski definition) is 0. The second kappa shape index (κ2) is 6.14. The Kier molecular flexibility index (Phi) is 4.25. The van der Waals surface area contributed by atoms with Crippen molar-refractivity contribution >= 4 is 0 Å². The molecule has 0 N–H and O–H groups in total. The number of hydrogen-bond acceptors (Lipinski definition) is 2. The lowest BCUT2D eigenvalue weighted by molar-refractivity contribution is 0.516. The predicted octanol–water partition coefficient (Wildman–Crippen LogP) is 3.29. The molecule has 2 rings (SSSR count). The van der Waals surface area contributed by atoms with Crippen molar-refractivity contribution in [3.8, 4) is 0 Å². The second-order valence-corrected chi connectivity index (χ2v) is 4.50. The molecule has 0 fully saturated rings. The van der Waals surface area contributed by atoms with Gasteiger partial charge in [-0.1, -0.05) is 37.3 Å². The summed E-state index contributed by atoms with van der Waals surface area (Å²) in [6, 6.07) is 12.5. The minimum atomic E-state index is 0.623. The lowest BCUT2D eigenvalue weighted by atomic mass is 9.98. The molecule has 0 spiro atoms. The van der Waals surface area contributed by atoms with E-state index in [0.29, 0.717) is 5.92 Å². The standard InChI is InChI=1S/C15H18N2/c1-13(12-15-16-10-5-11-17-15)8-9-14-6-3-2-4-7-14/h2-7,10-11,13H,8-9,12H2,1H3. The van der Waals surface area contributed by atoms with Crippen molar-refractivity contribution < 1.29 is 0 Å². The molecule has 0 aliphatic carbocycles. The number of benzene rings is 1. The fraction of sp³-hybridized carbons (Fsp3) is 0.333. The van der Waals surface area contributed by atoms with Gasteiger partial charge in [0.15, 0.2) is 0 Å². The van der Waals surface area contributed by atoms with Crippen molar-refractivity contribution in [1.82, 2.24) is 9.97 Å². The molecule has 0 amide bonds. The van der Waals surface area contributed by atoms with Crippen LogP contribution in [0, 0.1) is 5.92 Å². The van der Waals surface area contributed by atoms with Gasteiger partial charge < -0.3 is 0 Å². The van der Waals surface area contributed by atoms with E-state index in [9.17, 15) is 0 Å². The molecule has 17 heavy (non-hydrogen) atoms. The van der Waals surface area contributed by atoms with Crippen molar-refractivity contribution in [2.24, 2.45) is 5.92 Å². The largest absolute Gasteiger partial charge is 0.241 e. The van der Waals surface area contributed by atoms with Crippen LogP contribution in [0.1, 0.15) is 24.7 Å². The van der Waals surface area contributed by atoms with Crippen LogP contribution in [-0.4, -0.2) is 9.97 Å². The molecule has 1 atom stereocenters. The maximum atomic E-state index is 4.26. The third kappa shape index (κ3) is 3.99. The molecule has 1 heterocycles. The molecule has 2 nitrogen and oxygen atoms in total. The Hall–Kier alpha value is -1.70. The van der Waals surface area contributed by atoms with Crippen molar-refractivity contribution in [1.29, 1.82) is 0 Å². The molecule has 2 aromatic rings. The van der Waals surface area contributed by atoms with E-state index in [1.807, 2.05) is 18.5 Å². The van der Waals surface area contributed by atoms with Gasteiger partial charge >= 0.3 is 0 Å². The van der Waals surface area contributed by atoms with Gasteiger partial charge in [0.2, 0.25) is 0 Å². The monoisotopic (exact) mass is 226 g/mol. The van der Waals surface area contributed by atoms with Gasteiger partial charge in [-0.3, -0.25) is 0 Å². The zero-order chi connectivity index (χ0) is 11.9. The first-order chi connectivity index (χ1) is 8.34. The predicted molar refractivity (Wildman–Crippen MR) is 69.7 cm³/mol. The van der Waals surface area contributed by atoms with Crippen LogP contribution >= 0.6 is 0 Å². The average Bonchev–Trinajstić information content (AvgIpc) is 2.39. The van der Waals surface area contributed by atoms with E-state index >= 15 is 0 Å². The number of rotatable bonds is 5. The topological polar surface area (TPSA) is 25.8 Å². The van der Waals surface area contributed by atoms with Crippen LogP contribution in [0.5, 0.6) is 0 Å². The molecule has 0 saturated carbocycles. The summed E-state index contributed by atoms with van der Waals surface area (Å²) >= 11 is 0. The highest BCUT2D eigenvalue weighted by molar-refractivity contribution is 5.14. The Bertz CT molecular complexity index is 425. The molecular formula is C15H18N2. The van der Waals surface area contributed by atoms with Crippen LogP contribution in [0.2, 0.25) is 0 Å². The minimum Gasteiger partial charge on any atom is -0.241 e. The number of aryl methyl sites for hydroxylation is 1. The summed E-state index contributed by atoms with van der Waals surface area (Å²) in [4.78, 5) is 8.53. The number of nitrogens with zero attached hydrogens (tertiary/aromatic N) is 2. The van der Waals surface area contributed by atoms with Crippen molar-refractivity contribution in [2.75, 3.05) is 0 Å². The lowest BCUT2D eigenvalue weighted by Crippen LogP contribution is -2.04. The Morgan fingerprint density at radius 2 is 1.71 bits per heavy atom. The molecule has 88 valence electrons.